The molecule has 33 heavy (non-hydrogen) atoms. The molecule has 5 rings (SSSR count). The van der Waals surface area contributed by atoms with E-state index in [0.717, 1.165) is 30.5 Å². The SMILES string of the molecule is Cc1c(Cl)c(C2CCCN2C2CC2)cc(OCc2ccccc2)c1C(=O)Oc1ccccc1. The number of likely N-dealkylation sites (tertiary alicyclic amines) is 1. The summed E-state index contributed by atoms with van der Waals surface area (Å²) in [5.41, 5.74) is 3.19. The van der Waals surface area contributed by atoms with E-state index in [1.165, 1.54) is 12.8 Å². The van der Waals surface area contributed by atoms with Gasteiger partial charge in [-0.2, -0.15) is 0 Å². The fourth-order valence-electron chi connectivity index (χ4n) is 4.75. The van der Waals surface area contributed by atoms with E-state index in [2.05, 4.69) is 4.90 Å². The van der Waals surface area contributed by atoms with Crippen molar-refractivity contribution in [3.05, 3.63) is 94.0 Å². The average Bonchev–Trinajstić information content (AvgIpc) is 3.57. The van der Waals surface area contributed by atoms with Crippen LogP contribution in [0.3, 0.4) is 0 Å². The summed E-state index contributed by atoms with van der Waals surface area (Å²) in [5, 5.41) is 0.639. The largest absolute Gasteiger partial charge is 0.488 e. The van der Waals surface area contributed by atoms with Gasteiger partial charge in [-0.15, -0.1) is 0 Å². The number of benzene rings is 3. The van der Waals surface area contributed by atoms with Gasteiger partial charge in [-0.05, 0) is 74.0 Å². The molecule has 1 atom stereocenters. The van der Waals surface area contributed by atoms with Crippen LogP contribution in [0.1, 0.15) is 58.8 Å². The number of rotatable bonds is 7. The number of hydrogen-bond acceptors (Lipinski definition) is 4. The highest BCUT2D eigenvalue weighted by molar-refractivity contribution is 6.32. The molecule has 1 unspecified atom stereocenters. The van der Waals surface area contributed by atoms with Crippen molar-refractivity contribution in [1.29, 1.82) is 0 Å². The molecule has 2 fully saturated rings. The number of carbonyl (C=O) groups excluding carboxylic acids is 1. The van der Waals surface area contributed by atoms with Crippen molar-refractivity contribution in [3.8, 4) is 11.5 Å². The van der Waals surface area contributed by atoms with Crippen LogP contribution < -0.4 is 9.47 Å². The van der Waals surface area contributed by atoms with Crippen LogP contribution in [0.4, 0.5) is 0 Å². The van der Waals surface area contributed by atoms with Crippen molar-refractivity contribution in [3.63, 3.8) is 0 Å². The fraction of sp³-hybridized carbons (Fsp3) is 0.321. The molecule has 1 saturated carbocycles. The van der Waals surface area contributed by atoms with Gasteiger partial charge in [-0.1, -0.05) is 60.1 Å². The molecule has 1 heterocycles. The summed E-state index contributed by atoms with van der Waals surface area (Å²) in [7, 11) is 0. The highest BCUT2D eigenvalue weighted by Gasteiger charge is 2.39. The molecule has 1 saturated heterocycles. The van der Waals surface area contributed by atoms with Gasteiger partial charge in [0.05, 0.1) is 0 Å². The molecule has 4 nitrogen and oxygen atoms in total. The van der Waals surface area contributed by atoms with Gasteiger partial charge in [0.15, 0.2) is 0 Å². The van der Waals surface area contributed by atoms with Crippen LogP contribution in [0.5, 0.6) is 11.5 Å². The van der Waals surface area contributed by atoms with Crippen molar-refractivity contribution in [2.75, 3.05) is 6.54 Å². The maximum Gasteiger partial charge on any atom is 0.347 e. The standard InChI is InChI=1S/C28H28ClNO3/c1-19-26(28(31)33-22-11-6-3-7-12-22)25(32-18-20-9-4-2-5-10-20)17-23(27(19)29)24-13-8-16-30(24)21-14-15-21/h2-7,9-12,17,21,24H,8,13-16,18H2,1H3. The molecule has 2 aliphatic rings. The first-order valence-corrected chi connectivity index (χ1v) is 12.0. The average molecular weight is 462 g/mol. The zero-order valence-electron chi connectivity index (χ0n) is 18.8. The Hall–Kier alpha value is -2.82. The van der Waals surface area contributed by atoms with Gasteiger partial charge in [-0.3, -0.25) is 4.90 Å². The second kappa shape index (κ2) is 9.58. The Kier molecular flexibility index (Phi) is 6.39. The summed E-state index contributed by atoms with van der Waals surface area (Å²) < 4.78 is 11.9. The molecular formula is C28H28ClNO3. The molecule has 0 amide bonds. The predicted octanol–water partition coefficient (Wildman–Crippen LogP) is 6.75. The summed E-state index contributed by atoms with van der Waals surface area (Å²) >= 11 is 6.92. The minimum atomic E-state index is -0.458. The van der Waals surface area contributed by atoms with Crippen LogP contribution in [0.2, 0.25) is 5.02 Å². The Morgan fingerprint density at radius 1 is 1.03 bits per heavy atom. The van der Waals surface area contributed by atoms with E-state index in [0.29, 0.717) is 40.3 Å². The van der Waals surface area contributed by atoms with Crippen molar-refractivity contribution >= 4 is 17.6 Å². The van der Waals surface area contributed by atoms with Crippen molar-refractivity contribution < 1.29 is 14.3 Å². The summed E-state index contributed by atoms with van der Waals surface area (Å²) in [5.74, 6) is 0.562. The number of hydrogen-bond donors (Lipinski definition) is 0. The summed E-state index contributed by atoms with van der Waals surface area (Å²) in [6.07, 6.45) is 4.74. The van der Waals surface area contributed by atoms with E-state index < -0.39 is 5.97 Å². The predicted molar refractivity (Wildman–Crippen MR) is 130 cm³/mol. The van der Waals surface area contributed by atoms with Crippen molar-refractivity contribution in [1.82, 2.24) is 4.90 Å². The lowest BCUT2D eigenvalue weighted by atomic mass is 9.97. The fourth-order valence-corrected chi connectivity index (χ4v) is 5.02. The molecule has 0 bridgehead atoms. The van der Waals surface area contributed by atoms with E-state index >= 15 is 0 Å². The van der Waals surface area contributed by atoms with E-state index in [1.807, 2.05) is 61.5 Å². The molecule has 0 spiro atoms. The molecule has 1 aliphatic carbocycles. The molecule has 1 aliphatic heterocycles. The molecule has 170 valence electrons. The van der Waals surface area contributed by atoms with Crippen LogP contribution in [-0.2, 0) is 6.61 Å². The Balaban J connectivity index is 1.51. The zero-order valence-corrected chi connectivity index (χ0v) is 19.6. The molecule has 0 radical (unpaired) electrons. The van der Waals surface area contributed by atoms with Gasteiger partial charge in [-0.25, -0.2) is 4.79 Å². The maximum absolute atomic E-state index is 13.3. The van der Waals surface area contributed by atoms with E-state index in [1.54, 1.807) is 12.1 Å². The first kappa shape index (κ1) is 22.0. The number of carbonyl (C=O) groups is 1. The van der Waals surface area contributed by atoms with Gasteiger partial charge in [0.25, 0.3) is 0 Å². The lowest BCUT2D eigenvalue weighted by Crippen LogP contribution is -2.26. The van der Waals surface area contributed by atoms with Crippen LogP contribution in [0.15, 0.2) is 66.7 Å². The summed E-state index contributed by atoms with van der Waals surface area (Å²) in [6, 6.07) is 21.9. The summed E-state index contributed by atoms with van der Waals surface area (Å²) in [4.78, 5) is 15.8. The number of halogens is 1. The van der Waals surface area contributed by atoms with Crippen molar-refractivity contribution in [2.24, 2.45) is 0 Å². The Labute approximate surface area is 200 Å². The minimum absolute atomic E-state index is 0.266. The third-order valence-corrected chi connectivity index (χ3v) is 7.06. The van der Waals surface area contributed by atoms with E-state index in [-0.39, 0.29) is 6.04 Å². The second-order valence-corrected chi connectivity index (χ2v) is 9.26. The van der Waals surface area contributed by atoms with Crippen LogP contribution >= 0.6 is 11.6 Å². The number of esters is 1. The highest BCUT2D eigenvalue weighted by atomic mass is 35.5. The normalized spacial score (nSPS) is 18.3. The first-order valence-electron chi connectivity index (χ1n) is 11.6. The van der Waals surface area contributed by atoms with Gasteiger partial charge in [0, 0.05) is 17.1 Å². The van der Waals surface area contributed by atoms with Gasteiger partial charge in [0.1, 0.15) is 23.7 Å². The number of nitrogens with zero attached hydrogens (tertiary/aromatic N) is 1. The lowest BCUT2D eigenvalue weighted by Gasteiger charge is -2.27. The molecule has 3 aromatic rings. The topological polar surface area (TPSA) is 38.8 Å². The lowest BCUT2D eigenvalue weighted by molar-refractivity contribution is 0.0728. The van der Waals surface area contributed by atoms with Crippen LogP contribution in [-0.4, -0.2) is 23.5 Å². The highest BCUT2D eigenvalue weighted by Crippen LogP contribution is 2.45. The first-order chi connectivity index (χ1) is 16.1. The Bertz CT molecular complexity index is 1130. The van der Waals surface area contributed by atoms with Crippen LogP contribution in [0.25, 0.3) is 0 Å². The van der Waals surface area contributed by atoms with Crippen LogP contribution in [0, 0.1) is 6.92 Å². The minimum Gasteiger partial charge on any atom is -0.488 e. The van der Waals surface area contributed by atoms with Crippen molar-refractivity contribution in [2.45, 2.75) is 51.3 Å². The van der Waals surface area contributed by atoms with Gasteiger partial charge < -0.3 is 9.47 Å². The monoisotopic (exact) mass is 461 g/mol. The maximum atomic E-state index is 13.3. The Morgan fingerprint density at radius 3 is 2.42 bits per heavy atom. The molecule has 5 heteroatoms. The molecule has 0 aromatic heterocycles. The molecule has 0 N–H and O–H groups in total. The third-order valence-electron chi connectivity index (χ3n) is 6.55. The van der Waals surface area contributed by atoms with Gasteiger partial charge in [0.2, 0.25) is 0 Å². The second-order valence-electron chi connectivity index (χ2n) is 8.88. The Morgan fingerprint density at radius 2 is 1.73 bits per heavy atom. The number of ether oxygens (including phenoxy) is 2. The van der Waals surface area contributed by atoms with E-state index in [4.69, 9.17) is 21.1 Å². The zero-order chi connectivity index (χ0) is 22.8. The molecular weight excluding hydrogens is 434 g/mol. The quantitative estimate of drug-likeness (QED) is 0.288. The summed E-state index contributed by atoms with van der Waals surface area (Å²) in [6.45, 7) is 3.35. The third kappa shape index (κ3) is 4.78. The van der Waals surface area contributed by atoms with E-state index in [9.17, 15) is 4.79 Å². The molecule has 3 aromatic carbocycles. The van der Waals surface area contributed by atoms with Gasteiger partial charge >= 0.3 is 5.97 Å². The number of para-hydroxylation sites is 1. The smallest absolute Gasteiger partial charge is 0.347 e.